The third kappa shape index (κ3) is 5.41. The van der Waals surface area contributed by atoms with Crippen molar-refractivity contribution in [2.75, 3.05) is 0 Å². The Hall–Kier alpha value is -2.61. The van der Waals surface area contributed by atoms with Crippen molar-refractivity contribution in [3.05, 3.63) is 97.6 Å². The van der Waals surface area contributed by atoms with E-state index in [4.69, 9.17) is 16.3 Å². The van der Waals surface area contributed by atoms with Gasteiger partial charge in [-0.05, 0) is 78.4 Å². The van der Waals surface area contributed by atoms with Gasteiger partial charge in [0.1, 0.15) is 18.2 Å². The summed E-state index contributed by atoms with van der Waals surface area (Å²) in [6.07, 6.45) is 1.76. The zero-order valence-electron chi connectivity index (χ0n) is 16.9. The van der Waals surface area contributed by atoms with Crippen molar-refractivity contribution in [1.29, 1.82) is 0 Å². The first-order valence-electron chi connectivity index (χ1n) is 9.60. The lowest BCUT2D eigenvalue weighted by Crippen LogP contribution is -2.19. The zero-order chi connectivity index (χ0) is 22.7. The maximum absolute atomic E-state index is 13.1. The topological polar surface area (TPSA) is 50.7 Å². The Morgan fingerprint density at radius 1 is 1.19 bits per heavy atom. The molecule has 4 rings (SSSR count). The average molecular weight is 532 g/mol. The van der Waals surface area contributed by atoms with E-state index in [0.717, 1.165) is 21.2 Å². The lowest BCUT2D eigenvalue weighted by Gasteiger charge is -2.10. The third-order valence-electron chi connectivity index (χ3n) is 4.68. The molecule has 0 spiro atoms. The van der Waals surface area contributed by atoms with Crippen molar-refractivity contribution in [2.45, 2.75) is 13.5 Å². The molecule has 1 aliphatic rings. The second-order valence-electron chi connectivity index (χ2n) is 6.96. The Kier molecular flexibility index (Phi) is 6.98. The number of carbonyl (C=O) groups is 1. The van der Waals surface area contributed by atoms with E-state index in [0.29, 0.717) is 26.5 Å². The summed E-state index contributed by atoms with van der Waals surface area (Å²) in [5.74, 6) is 0.0740. The van der Waals surface area contributed by atoms with Gasteiger partial charge in [0.25, 0.3) is 5.91 Å². The van der Waals surface area contributed by atoms with Crippen molar-refractivity contribution >= 4 is 62.1 Å². The maximum atomic E-state index is 13.1. The highest BCUT2D eigenvalue weighted by Gasteiger charge is 2.24. The smallest absolute Gasteiger partial charge is 0.264 e. The Bertz CT molecular complexity index is 1250. The van der Waals surface area contributed by atoms with E-state index in [1.807, 2.05) is 37.3 Å². The van der Waals surface area contributed by atoms with E-state index in [9.17, 15) is 9.18 Å². The predicted molar refractivity (Wildman–Crippen MR) is 132 cm³/mol. The van der Waals surface area contributed by atoms with Crippen molar-refractivity contribution in [1.82, 2.24) is 5.32 Å². The molecule has 1 fully saturated rings. The molecule has 162 valence electrons. The van der Waals surface area contributed by atoms with E-state index in [2.05, 4.69) is 26.2 Å². The number of amides is 1. The number of thioether (sulfide) groups is 1. The van der Waals surface area contributed by atoms with E-state index in [1.165, 1.54) is 23.9 Å². The van der Waals surface area contributed by atoms with Gasteiger partial charge in [0.15, 0.2) is 5.17 Å². The molecule has 32 heavy (non-hydrogen) atoms. The van der Waals surface area contributed by atoms with Crippen LogP contribution >= 0.6 is 39.3 Å². The van der Waals surface area contributed by atoms with Crippen molar-refractivity contribution < 1.29 is 13.9 Å². The number of amidine groups is 1. The van der Waals surface area contributed by atoms with Crippen LogP contribution in [0.15, 0.2) is 75.0 Å². The van der Waals surface area contributed by atoms with Gasteiger partial charge in [0.05, 0.1) is 10.6 Å². The van der Waals surface area contributed by atoms with Crippen LogP contribution in [-0.4, -0.2) is 11.1 Å². The summed E-state index contributed by atoms with van der Waals surface area (Å²) in [5.41, 5.74) is 3.12. The molecule has 8 heteroatoms. The molecule has 0 atom stereocenters. The molecule has 1 heterocycles. The number of ether oxygens (including phenoxy) is 1. The molecule has 0 unspecified atom stereocenters. The normalized spacial score (nSPS) is 15.9. The summed E-state index contributed by atoms with van der Waals surface area (Å²) in [4.78, 5) is 17.6. The molecule has 0 aliphatic carbocycles. The van der Waals surface area contributed by atoms with Crippen LogP contribution in [0.2, 0.25) is 5.02 Å². The molecule has 1 amide bonds. The summed E-state index contributed by atoms with van der Waals surface area (Å²) in [6, 6.07) is 17.2. The van der Waals surface area contributed by atoms with E-state index >= 15 is 0 Å². The maximum Gasteiger partial charge on any atom is 0.264 e. The largest absolute Gasteiger partial charge is 0.488 e. The fourth-order valence-corrected chi connectivity index (χ4v) is 4.33. The molecule has 3 aromatic rings. The Morgan fingerprint density at radius 3 is 2.75 bits per heavy atom. The second kappa shape index (κ2) is 9.90. The number of hydrogen-bond donors (Lipinski definition) is 1. The minimum Gasteiger partial charge on any atom is -0.488 e. The van der Waals surface area contributed by atoms with Gasteiger partial charge >= 0.3 is 0 Å². The molecule has 1 saturated heterocycles. The monoisotopic (exact) mass is 530 g/mol. The molecule has 0 radical (unpaired) electrons. The molecule has 0 saturated carbocycles. The Morgan fingerprint density at radius 2 is 1.97 bits per heavy atom. The summed E-state index contributed by atoms with van der Waals surface area (Å²) >= 11 is 10.9. The number of halogens is 3. The van der Waals surface area contributed by atoms with Crippen molar-refractivity contribution in [3.8, 4) is 5.75 Å². The number of nitrogens with one attached hydrogen (secondary N) is 1. The number of aliphatic imine (C=N–C) groups is 1. The minimum absolute atomic E-state index is 0.238. The van der Waals surface area contributed by atoms with Gasteiger partial charge in [0, 0.05) is 15.1 Å². The molecule has 0 aromatic heterocycles. The van der Waals surface area contributed by atoms with Crippen LogP contribution in [0, 0.1) is 12.7 Å². The highest BCUT2D eigenvalue weighted by atomic mass is 79.9. The van der Waals surface area contributed by atoms with Gasteiger partial charge in [-0.2, -0.15) is 0 Å². The predicted octanol–water partition coefficient (Wildman–Crippen LogP) is 7.02. The third-order valence-corrected chi connectivity index (χ3v) is 6.49. The van der Waals surface area contributed by atoms with Crippen LogP contribution in [0.25, 0.3) is 6.08 Å². The van der Waals surface area contributed by atoms with E-state index < -0.39 is 0 Å². The zero-order valence-corrected chi connectivity index (χ0v) is 20.0. The molecule has 4 nitrogen and oxygen atoms in total. The second-order valence-corrected chi connectivity index (χ2v) is 9.32. The van der Waals surface area contributed by atoms with Crippen molar-refractivity contribution in [2.24, 2.45) is 4.99 Å². The number of hydrogen-bond acceptors (Lipinski definition) is 4. The minimum atomic E-state index is -0.294. The summed E-state index contributed by atoms with van der Waals surface area (Å²) in [6.45, 7) is 2.16. The first-order chi connectivity index (χ1) is 15.4. The molecule has 1 N–H and O–H groups in total. The number of carbonyl (C=O) groups excluding carboxylic acids is 1. The van der Waals surface area contributed by atoms with Crippen LogP contribution in [0.1, 0.15) is 16.7 Å². The fraction of sp³-hybridized carbons (Fsp3) is 0.0833. The van der Waals surface area contributed by atoms with E-state index in [1.54, 1.807) is 24.3 Å². The van der Waals surface area contributed by atoms with Gasteiger partial charge in [0.2, 0.25) is 0 Å². The van der Waals surface area contributed by atoms with Crippen LogP contribution < -0.4 is 10.1 Å². The summed E-state index contributed by atoms with van der Waals surface area (Å²) < 4.78 is 19.9. The average Bonchev–Trinajstić information content (AvgIpc) is 3.11. The van der Waals surface area contributed by atoms with Crippen LogP contribution in [0.3, 0.4) is 0 Å². The highest BCUT2D eigenvalue weighted by Crippen LogP contribution is 2.33. The van der Waals surface area contributed by atoms with Crippen LogP contribution in [0.5, 0.6) is 5.75 Å². The van der Waals surface area contributed by atoms with Gasteiger partial charge < -0.3 is 10.1 Å². The summed E-state index contributed by atoms with van der Waals surface area (Å²) in [5, 5.41) is 3.89. The molecule has 1 aliphatic heterocycles. The lowest BCUT2D eigenvalue weighted by molar-refractivity contribution is -0.115. The number of rotatable bonds is 5. The SMILES string of the molecule is Cc1c(Cl)cccc1N=C1NC(=O)/C(=C\c2cc(Br)ccc2OCc2ccc(F)cc2)S1. The van der Waals surface area contributed by atoms with Gasteiger partial charge in [-0.25, -0.2) is 9.38 Å². The lowest BCUT2D eigenvalue weighted by atomic mass is 10.2. The van der Waals surface area contributed by atoms with Gasteiger partial charge in [-0.3, -0.25) is 4.79 Å². The number of benzene rings is 3. The van der Waals surface area contributed by atoms with Gasteiger partial charge in [-0.15, -0.1) is 0 Å². The standard InChI is InChI=1S/C24H17BrClFN2O2S/c1-14-19(26)3-2-4-20(14)28-24-29-23(30)22(32-24)12-16-11-17(25)7-10-21(16)31-13-15-5-8-18(27)9-6-15/h2-12H,13H2,1H3,(H,28,29,30)/b22-12+. The van der Waals surface area contributed by atoms with Gasteiger partial charge in [-0.1, -0.05) is 45.7 Å². The van der Waals surface area contributed by atoms with Crippen LogP contribution in [-0.2, 0) is 11.4 Å². The fourth-order valence-electron chi connectivity index (χ4n) is 2.95. The molecular weight excluding hydrogens is 515 g/mol. The Balaban J connectivity index is 1.57. The summed E-state index contributed by atoms with van der Waals surface area (Å²) in [7, 11) is 0. The molecular formula is C24H17BrClFN2O2S. The quantitative estimate of drug-likeness (QED) is 0.360. The van der Waals surface area contributed by atoms with Crippen molar-refractivity contribution in [3.63, 3.8) is 0 Å². The first-order valence-corrected chi connectivity index (χ1v) is 11.6. The Labute approximate surface area is 202 Å². The first kappa shape index (κ1) is 22.6. The molecule has 3 aromatic carbocycles. The number of nitrogens with zero attached hydrogens (tertiary/aromatic N) is 1. The molecule has 0 bridgehead atoms. The van der Waals surface area contributed by atoms with E-state index in [-0.39, 0.29) is 18.3 Å². The highest BCUT2D eigenvalue weighted by molar-refractivity contribution is 9.10. The van der Waals surface area contributed by atoms with Crippen LogP contribution in [0.4, 0.5) is 10.1 Å².